The molecule has 0 aromatic heterocycles. The summed E-state index contributed by atoms with van der Waals surface area (Å²) in [5.74, 6) is -0.771. The van der Waals surface area contributed by atoms with Crippen LogP contribution < -0.4 is 16.0 Å². The van der Waals surface area contributed by atoms with Crippen LogP contribution in [0.4, 0.5) is 0 Å². The minimum Gasteiger partial charge on any atom is -0.371 e. The van der Waals surface area contributed by atoms with Crippen LogP contribution in [0.1, 0.15) is 47.2 Å². The van der Waals surface area contributed by atoms with Crippen LogP contribution in [0.2, 0.25) is 0 Å². The van der Waals surface area contributed by atoms with Gasteiger partial charge in [0, 0.05) is 44.2 Å². The highest BCUT2D eigenvalue weighted by atomic mass is 16.5. The molecule has 1 spiro atoms. The first kappa shape index (κ1) is 18.7. The number of ether oxygens (including phenoxy) is 1. The molecular formula is C21H26N4O4. The van der Waals surface area contributed by atoms with Gasteiger partial charge in [-0.2, -0.15) is 0 Å². The maximum absolute atomic E-state index is 12.9. The highest BCUT2D eigenvalue weighted by Crippen LogP contribution is 2.30. The van der Waals surface area contributed by atoms with Crippen LogP contribution in [-0.4, -0.2) is 60.0 Å². The number of hydrogen-bond donors (Lipinski definition) is 3. The van der Waals surface area contributed by atoms with Crippen LogP contribution in [0.5, 0.6) is 0 Å². The van der Waals surface area contributed by atoms with Crippen LogP contribution in [0.15, 0.2) is 18.2 Å². The molecule has 8 heteroatoms. The lowest BCUT2D eigenvalue weighted by atomic mass is 9.87. The van der Waals surface area contributed by atoms with E-state index in [1.165, 1.54) is 0 Å². The van der Waals surface area contributed by atoms with Gasteiger partial charge < -0.3 is 20.3 Å². The Morgan fingerprint density at radius 3 is 2.76 bits per heavy atom. The fraction of sp³-hybridized carbons (Fsp3) is 0.571. The van der Waals surface area contributed by atoms with Gasteiger partial charge in [-0.1, -0.05) is 12.1 Å². The Bertz CT molecular complexity index is 856. The molecule has 154 valence electrons. The molecule has 2 atom stereocenters. The van der Waals surface area contributed by atoms with Crippen LogP contribution in [-0.2, 0) is 27.4 Å². The molecule has 0 bridgehead atoms. The van der Waals surface area contributed by atoms with Gasteiger partial charge >= 0.3 is 0 Å². The van der Waals surface area contributed by atoms with Gasteiger partial charge in [0.05, 0.1) is 12.2 Å². The molecule has 0 saturated carbocycles. The second kappa shape index (κ2) is 7.19. The summed E-state index contributed by atoms with van der Waals surface area (Å²) >= 11 is 0. The zero-order valence-electron chi connectivity index (χ0n) is 16.3. The van der Waals surface area contributed by atoms with Crippen LogP contribution in [0.3, 0.4) is 0 Å². The van der Waals surface area contributed by atoms with Crippen molar-refractivity contribution in [1.82, 2.24) is 20.9 Å². The van der Waals surface area contributed by atoms with E-state index < -0.39 is 6.04 Å². The number of nitrogens with zero attached hydrogens (tertiary/aromatic N) is 1. The molecule has 3 amide bonds. The van der Waals surface area contributed by atoms with E-state index in [4.69, 9.17) is 4.74 Å². The average molecular weight is 398 g/mol. The number of benzene rings is 1. The van der Waals surface area contributed by atoms with Gasteiger partial charge in [0.15, 0.2) is 0 Å². The van der Waals surface area contributed by atoms with Crippen molar-refractivity contribution in [3.05, 3.63) is 34.9 Å². The zero-order valence-corrected chi connectivity index (χ0v) is 16.3. The number of hydrogen-bond acceptors (Lipinski definition) is 6. The van der Waals surface area contributed by atoms with Crippen LogP contribution >= 0.6 is 0 Å². The molecule has 0 aliphatic carbocycles. The SMILES string of the molecule is O=C1CCC(N2Cc3ccc(CNC4CCC5(CNC5)OC4)cc3C2=O)C(=O)N1. The quantitative estimate of drug-likeness (QED) is 0.621. The zero-order chi connectivity index (χ0) is 20.0. The molecule has 4 aliphatic rings. The first-order chi connectivity index (χ1) is 14.0. The molecule has 4 heterocycles. The number of imide groups is 1. The van der Waals surface area contributed by atoms with E-state index in [0.29, 0.717) is 31.1 Å². The van der Waals surface area contributed by atoms with E-state index in [2.05, 4.69) is 16.0 Å². The summed E-state index contributed by atoms with van der Waals surface area (Å²) in [7, 11) is 0. The van der Waals surface area contributed by atoms with E-state index in [0.717, 1.165) is 43.7 Å². The third kappa shape index (κ3) is 3.45. The molecule has 3 saturated heterocycles. The first-order valence-electron chi connectivity index (χ1n) is 10.4. The van der Waals surface area contributed by atoms with Gasteiger partial charge in [0.2, 0.25) is 11.8 Å². The molecular weight excluding hydrogens is 372 g/mol. The number of nitrogens with one attached hydrogen (secondary N) is 3. The molecule has 3 fully saturated rings. The third-order valence-corrected chi connectivity index (χ3v) is 6.62. The molecule has 29 heavy (non-hydrogen) atoms. The van der Waals surface area contributed by atoms with Crippen molar-refractivity contribution in [2.45, 2.75) is 56.5 Å². The van der Waals surface area contributed by atoms with Gasteiger partial charge in [0.25, 0.3) is 5.91 Å². The number of carbonyl (C=O) groups is 3. The lowest BCUT2D eigenvalue weighted by molar-refractivity contribution is -0.136. The number of piperidine rings is 1. The highest BCUT2D eigenvalue weighted by Gasteiger charge is 2.41. The van der Waals surface area contributed by atoms with Gasteiger partial charge in [-0.05, 0) is 36.5 Å². The van der Waals surface area contributed by atoms with E-state index >= 15 is 0 Å². The van der Waals surface area contributed by atoms with Crippen molar-refractivity contribution in [3.63, 3.8) is 0 Å². The molecule has 8 nitrogen and oxygen atoms in total. The molecule has 3 N–H and O–H groups in total. The van der Waals surface area contributed by atoms with Gasteiger partial charge in [-0.15, -0.1) is 0 Å². The Kier molecular flexibility index (Phi) is 4.64. The minimum absolute atomic E-state index is 0.0671. The second-order valence-electron chi connectivity index (χ2n) is 8.61. The van der Waals surface area contributed by atoms with E-state index in [9.17, 15) is 14.4 Å². The van der Waals surface area contributed by atoms with E-state index in [1.807, 2.05) is 18.2 Å². The largest absolute Gasteiger partial charge is 0.371 e. The molecule has 1 aromatic rings. The standard InChI is InChI=1S/C21H26N4O4/c26-18-4-3-17(19(27)24-18)25-9-14-2-1-13(7-16(14)20(25)28)8-23-15-5-6-21(29-10-15)11-22-12-21/h1-2,7,15,17,22-23H,3-6,8-12H2,(H,24,26,27). The van der Waals surface area contributed by atoms with Crippen molar-refractivity contribution in [2.75, 3.05) is 19.7 Å². The molecule has 5 rings (SSSR count). The summed E-state index contributed by atoms with van der Waals surface area (Å²) in [6.45, 7) is 3.72. The summed E-state index contributed by atoms with van der Waals surface area (Å²) in [5, 5.41) is 9.16. The summed E-state index contributed by atoms with van der Waals surface area (Å²) in [6, 6.07) is 5.70. The van der Waals surface area contributed by atoms with Crippen molar-refractivity contribution in [3.8, 4) is 0 Å². The summed E-state index contributed by atoms with van der Waals surface area (Å²) < 4.78 is 6.04. The van der Waals surface area contributed by atoms with Crippen molar-refractivity contribution < 1.29 is 19.1 Å². The van der Waals surface area contributed by atoms with Crippen molar-refractivity contribution in [2.24, 2.45) is 0 Å². The number of amides is 3. The first-order valence-corrected chi connectivity index (χ1v) is 10.4. The summed E-state index contributed by atoms with van der Waals surface area (Å²) in [4.78, 5) is 38.0. The minimum atomic E-state index is -0.568. The maximum atomic E-state index is 12.9. The second-order valence-corrected chi connectivity index (χ2v) is 8.61. The smallest absolute Gasteiger partial charge is 0.255 e. The van der Waals surface area contributed by atoms with Crippen molar-refractivity contribution >= 4 is 17.7 Å². The summed E-state index contributed by atoms with van der Waals surface area (Å²) in [5.41, 5.74) is 2.71. The van der Waals surface area contributed by atoms with Gasteiger partial charge in [-0.3, -0.25) is 19.7 Å². The molecule has 1 aromatic carbocycles. The molecule has 0 radical (unpaired) electrons. The average Bonchev–Trinajstić information content (AvgIpc) is 3.02. The van der Waals surface area contributed by atoms with Gasteiger partial charge in [-0.25, -0.2) is 0 Å². The fourth-order valence-electron chi connectivity index (χ4n) is 4.69. The lowest BCUT2D eigenvalue weighted by Crippen LogP contribution is -2.64. The predicted octanol–water partition coefficient (Wildman–Crippen LogP) is 0.0582. The molecule has 2 unspecified atom stereocenters. The number of carbonyl (C=O) groups excluding carboxylic acids is 3. The Morgan fingerprint density at radius 2 is 2.07 bits per heavy atom. The normalized spacial score (nSPS) is 28.3. The van der Waals surface area contributed by atoms with Crippen LogP contribution in [0, 0.1) is 0 Å². The highest BCUT2D eigenvalue weighted by molar-refractivity contribution is 6.05. The van der Waals surface area contributed by atoms with Crippen molar-refractivity contribution in [1.29, 1.82) is 0 Å². The Labute approximate surface area is 169 Å². The van der Waals surface area contributed by atoms with E-state index in [-0.39, 0.29) is 29.7 Å². The van der Waals surface area contributed by atoms with Crippen LogP contribution in [0.25, 0.3) is 0 Å². The third-order valence-electron chi connectivity index (χ3n) is 6.62. The Hall–Kier alpha value is -2.29. The predicted molar refractivity (Wildman–Crippen MR) is 104 cm³/mol. The Morgan fingerprint density at radius 1 is 1.21 bits per heavy atom. The lowest BCUT2D eigenvalue weighted by Gasteiger charge is -2.47. The maximum Gasteiger partial charge on any atom is 0.255 e. The number of rotatable bonds is 4. The number of fused-ring (bicyclic) bond motifs is 1. The summed E-state index contributed by atoms with van der Waals surface area (Å²) in [6.07, 6.45) is 2.82. The monoisotopic (exact) mass is 398 g/mol. The van der Waals surface area contributed by atoms with E-state index in [1.54, 1.807) is 4.90 Å². The Balaban J connectivity index is 1.20. The molecule has 4 aliphatic heterocycles. The van der Waals surface area contributed by atoms with Gasteiger partial charge in [0.1, 0.15) is 6.04 Å². The fourth-order valence-corrected chi connectivity index (χ4v) is 4.69. The topological polar surface area (TPSA) is 99.8 Å².